The van der Waals surface area contributed by atoms with Crippen LogP contribution in [0.15, 0.2) is 65.8 Å². The fraction of sp³-hybridized carbons (Fsp3) is 0.0476. The number of pyridine rings is 1. The fourth-order valence-electron chi connectivity index (χ4n) is 2.56. The van der Waals surface area contributed by atoms with Crippen LogP contribution in [0.1, 0.15) is 20.7 Å². The number of thioether (sulfide) groups is 1. The highest BCUT2D eigenvalue weighted by atomic mass is 35.5. The van der Waals surface area contributed by atoms with Crippen LogP contribution in [0.4, 0.5) is 11.4 Å². The lowest BCUT2D eigenvalue weighted by molar-refractivity contribution is -0.113. The van der Waals surface area contributed by atoms with Gasteiger partial charge in [-0.15, -0.1) is 11.8 Å². The van der Waals surface area contributed by atoms with Crippen LogP contribution < -0.4 is 10.6 Å². The molecule has 2 amide bonds. The van der Waals surface area contributed by atoms with Crippen LogP contribution >= 0.6 is 35.0 Å². The first kappa shape index (κ1) is 22.6. The van der Waals surface area contributed by atoms with Crippen molar-refractivity contribution in [1.82, 2.24) is 4.98 Å². The summed E-state index contributed by atoms with van der Waals surface area (Å²) in [6, 6.07) is 12.9. The molecule has 0 aliphatic carbocycles. The largest absolute Gasteiger partial charge is 0.478 e. The molecule has 3 rings (SSSR count). The number of carbonyl (C=O) groups excluding carboxylic acids is 2. The lowest BCUT2D eigenvalue weighted by Gasteiger charge is -2.11. The zero-order chi connectivity index (χ0) is 22.4. The monoisotopic (exact) mass is 475 g/mol. The number of amides is 2. The van der Waals surface area contributed by atoms with Gasteiger partial charge in [-0.1, -0.05) is 23.2 Å². The van der Waals surface area contributed by atoms with Crippen molar-refractivity contribution in [3.05, 3.63) is 82.1 Å². The van der Waals surface area contributed by atoms with E-state index in [9.17, 15) is 19.5 Å². The van der Waals surface area contributed by atoms with Crippen LogP contribution in [0.5, 0.6) is 0 Å². The van der Waals surface area contributed by atoms with Gasteiger partial charge in [-0.3, -0.25) is 14.6 Å². The molecule has 0 saturated carbocycles. The quantitative estimate of drug-likeness (QED) is 0.411. The summed E-state index contributed by atoms with van der Waals surface area (Å²) in [7, 11) is 0. The van der Waals surface area contributed by atoms with E-state index in [0.717, 1.165) is 4.90 Å². The highest BCUT2D eigenvalue weighted by Gasteiger charge is 2.18. The maximum absolute atomic E-state index is 12.3. The Hall–Kier alpha value is -3.07. The van der Waals surface area contributed by atoms with Crippen LogP contribution in [-0.4, -0.2) is 33.6 Å². The number of benzene rings is 2. The van der Waals surface area contributed by atoms with E-state index in [4.69, 9.17) is 23.2 Å². The Morgan fingerprint density at radius 2 is 1.77 bits per heavy atom. The van der Waals surface area contributed by atoms with Gasteiger partial charge < -0.3 is 15.7 Å². The number of anilines is 2. The molecule has 0 unspecified atom stereocenters. The van der Waals surface area contributed by atoms with Crippen molar-refractivity contribution in [1.29, 1.82) is 0 Å². The molecule has 10 heteroatoms. The number of hydrogen-bond donors (Lipinski definition) is 3. The minimum Gasteiger partial charge on any atom is -0.478 e. The first-order valence-corrected chi connectivity index (χ1v) is 10.5. The van der Waals surface area contributed by atoms with Gasteiger partial charge in [-0.25, -0.2) is 4.79 Å². The molecule has 1 aromatic heterocycles. The smallest absolute Gasteiger partial charge is 0.339 e. The van der Waals surface area contributed by atoms with Crippen molar-refractivity contribution in [2.24, 2.45) is 0 Å². The Balaban J connectivity index is 1.58. The lowest BCUT2D eigenvalue weighted by Crippen LogP contribution is -2.17. The van der Waals surface area contributed by atoms with E-state index in [1.165, 1.54) is 30.1 Å². The van der Waals surface area contributed by atoms with Crippen LogP contribution in [0.3, 0.4) is 0 Å². The van der Waals surface area contributed by atoms with Gasteiger partial charge in [0.2, 0.25) is 5.91 Å². The summed E-state index contributed by atoms with van der Waals surface area (Å²) in [4.78, 5) is 40.5. The van der Waals surface area contributed by atoms with Gasteiger partial charge in [-0.05, 0) is 48.5 Å². The molecule has 0 spiro atoms. The highest BCUT2D eigenvalue weighted by Crippen LogP contribution is 2.29. The standard InChI is InChI=1S/C21H15Cl2N3O4S/c22-13-8-16(23)19(21(29)30)17(9-13)26-18(27)11-31-15-5-3-14(4-6-15)25-20(28)12-2-1-7-24-10-12/h1-10H,11H2,(H,25,28)(H,26,27)(H,29,30). The molecule has 2 aromatic carbocycles. The first-order chi connectivity index (χ1) is 14.8. The van der Waals surface area contributed by atoms with Gasteiger partial charge in [0, 0.05) is 28.0 Å². The summed E-state index contributed by atoms with van der Waals surface area (Å²) in [6.07, 6.45) is 3.06. The van der Waals surface area contributed by atoms with Gasteiger partial charge >= 0.3 is 5.97 Å². The van der Waals surface area contributed by atoms with E-state index in [1.807, 2.05) is 0 Å². The summed E-state index contributed by atoms with van der Waals surface area (Å²) < 4.78 is 0. The predicted molar refractivity (Wildman–Crippen MR) is 121 cm³/mol. The van der Waals surface area contributed by atoms with Gasteiger partial charge in [-0.2, -0.15) is 0 Å². The zero-order valence-electron chi connectivity index (χ0n) is 15.8. The molecule has 0 fully saturated rings. The number of nitrogens with zero attached hydrogens (tertiary/aromatic N) is 1. The molecule has 3 aromatic rings. The Morgan fingerprint density at radius 1 is 1.03 bits per heavy atom. The van der Waals surface area contributed by atoms with Crippen LogP contribution in [-0.2, 0) is 4.79 Å². The molecule has 1 heterocycles. The third kappa shape index (κ3) is 6.21. The second-order valence-electron chi connectivity index (χ2n) is 6.17. The van der Waals surface area contributed by atoms with Crippen LogP contribution in [0.2, 0.25) is 10.0 Å². The van der Waals surface area contributed by atoms with E-state index in [0.29, 0.717) is 11.3 Å². The summed E-state index contributed by atoms with van der Waals surface area (Å²) >= 11 is 13.1. The van der Waals surface area contributed by atoms with Crippen molar-refractivity contribution < 1.29 is 19.5 Å². The zero-order valence-corrected chi connectivity index (χ0v) is 18.1. The van der Waals surface area contributed by atoms with E-state index < -0.39 is 11.9 Å². The third-order valence-corrected chi connectivity index (χ3v) is 5.48. The normalized spacial score (nSPS) is 10.4. The SMILES string of the molecule is O=C(CSc1ccc(NC(=O)c2cccnc2)cc1)Nc1cc(Cl)cc(Cl)c1C(=O)O. The number of carboxylic acid groups (broad SMARTS) is 1. The molecule has 3 N–H and O–H groups in total. The molecule has 158 valence electrons. The second-order valence-corrected chi connectivity index (χ2v) is 8.06. The average Bonchev–Trinajstić information content (AvgIpc) is 2.73. The van der Waals surface area contributed by atoms with Crippen molar-refractivity contribution in [2.75, 3.05) is 16.4 Å². The highest BCUT2D eigenvalue weighted by molar-refractivity contribution is 8.00. The van der Waals surface area contributed by atoms with Gasteiger partial charge in [0.05, 0.1) is 22.0 Å². The van der Waals surface area contributed by atoms with Crippen molar-refractivity contribution in [3.8, 4) is 0 Å². The van der Waals surface area contributed by atoms with E-state index in [-0.39, 0.29) is 33.0 Å². The van der Waals surface area contributed by atoms with E-state index in [2.05, 4.69) is 15.6 Å². The topological polar surface area (TPSA) is 108 Å². The molecule has 0 radical (unpaired) electrons. The van der Waals surface area contributed by atoms with Gasteiger partial charge in [0.1, 0.15) is 5.56 Å². The third-order valence-electron chi connectivity index (χ3n) is 3.95. The van der Waals surface area contributed by atoms with Crippen LogP contribution in [0, 0.1) is 0 Å². The summed E-state index contributed by atoms with van der Waals surface area (Å²) in [6.45, 7) is 0. The maximum atomic E-state index is 12.3. The van der Waals surface area contributed by atoms with Crippen LogP contribution in [0.25, 0.3) is 0 Å². The number of carboxylic acids is 1. The number of nitrogens with one attached hydrogen (secondary N) is 2. The molecule has 0 aliphatic heterocycles. The average molecular weight is 476 g/mol. The number of aromatic nitrogens is 1. The Kier molecular flexibility index (Phi) is 7.51. The summed E-state index contributed by atoms with van der Waals surface area (Å²) in [5, 5.41) is 14.7. The number of carbonyl (C=O) groups is 3. The molecular formula is C21H15Cl2N3O4S. The van der Waals surface area contributed by atoms with Gasteiger partial charge in [0.15, 0.2) is 0 Å². The maximum Gasteiger partial charge on any atom is 0.339 e. The number of rotatable bonds is 7. The molecule has 0 atom stereocenters. The molecule has 7 nitrogen and oxygen atoms in total. The Labute approximate surface area is 191 Å². The second kappa shape index (κ2) is 10.3. The summed E-state index contributed by atoms with van der Waals surface area (Å²) in [5.74, 6) is -1.93. The summed E-state index contributed by atoms with van der Waals surface area (Å²) in [5.41, 5.74) is 0.851. The van der Waals surface area contributed by atoms with E-state index in [1.54, 1.807) is 42.6 Å². The number of hydrogen-bond acceptors (Lipinski definition) is 5. The lowest BCUT2D eigenvalue weighted by atomic mass is 10.1. The molecule has 0 aliphatic rings. The molecular weight excluding hydrogens is 461 g/mol. The Bertz CT molecular complexity index is 1130. The van der Waals surface area contributed by atoms with Crippen molar-refractivity contribution >= 4 is 64.1 Å². The fourth-order valence-corrected chi connectivity index (χ4v) is 3.83. The molecule has 31 heavy (non-hydrogen) atoms. The van der Waals surface area contributed by atoms with E-state index >= 15 is 0 Å². The molecule has 0 bridgehead atoms. The molecule has 0 saturated heterocycles. The number of halogens is 2. The van der Waals surface area contributed by atoms with Crippen molar-refractivity contribution in [3.63, 3.8) is 0 Å². The predicted octanol–water partition coefficient (Wildman–Crippen LogP) is 5.07. The number of aromatic carboxylic acids is 1. The van der Waals surface area contributed by atoms with Gasteiger partial charge in [0.25, 0.3) is 5.91 Å². The minimum atomic E-state index is -1.27. The Morgan fingerprint density at radius 3 is 2.42 bits per heavy atom. The first-order valence-electron chi connectivity index (χ1n) is 8.80. The minimum absolute atomic E-state index is 0.0315. The van der Waals surface area contributed by atoms with Crippen molar-refractivity contribution in [2.45, 2.75) is 4.90 Å².